The van der Waals surface area contributed by atoms with Gasteiger partial charge in [-0.3, -0.25) is 9.71 Å². The van der Waals surface area contributed by atoms with Gasteiger partial charge < -0.3 is 4.74 Å². The van der Waals surface area contributed by atoms with E-state index in [0.717, 1.165) is 17.4 Å². The summed E-state index contributed by atoms with van der Waals surface area (Å²) in [6.07, 6.45) is 2.78. The molecule has 0 radical (unpaired) electrons. The van der Waals surface area contributed by atoms with E-state index in [4.69, 9.17) is 4.74 Å². The number of aromatic nitrogens is 5. The molecule has 0 atom stereocenters. The number of nitrogens with zero attached hydrogens (tertiary/aromatic N) is 5. The lowest BCUT2D eigenvalue weighted by Crippen LogP contribution is -2.09. The Labute approximate surface area is 173 Å². The monoisotopic (exact) mass is 422 g/mol. The smallest absolute Gasteiger partial charge is 0.229 e. The Bertz CT molecular complexity index is 1290. The van der Waals surface area contributed by atoms with Crippen molar-refractivity contribution in [1.29, 1.82) is 0 Å². The number of benzene rings is 2. The van der Waals surface area contributed by atoms with E-state index in [1.165, 1.54) is 4.80 Å². The number of rotatable bonds is 6. The van der Waals surface area contributed by atoms with Crippen LogP contribution in [-0.2, 0) is 10.0 Å². The highest BCUT2D eigenvalue weighted by Crippen LogP contribution is 2.33. The number of hydrogen-bond donors (Lipinski definition) is 1. The number of tetrazole rings is 1. The van der Waals surface area contributed by atoms with E-state index in [2.05, 4.69) is 25.1 Å². The second-order valence-corrected chi connectivity index (χ2v) is 8.21. The molecule has 4 rings (SSSR count). The summed E-state index contributed by atoms with van der Waals surface area (Å²) in [6.45, 7) is 0. The van der Waals surface area contributed by atoms with E-state index < -0.39 is 10.0 Å². The average Bonchev–Trinajstić information content (AvgIpc) is 3.23. The minimum atomic E-state index is -3.37. The third-order valence-corrected chi connectivity index (χ3v) is 4.81. The summed E-state index contributed by atoms with van der Waals surface area (Å²) >= 11 is 0. The molecule has 1 N–H and O–H groups in total. The predicted octanol–water partition coefficient (Wildman–Crippen LogP) is 2.77. The summed E-state index contributed by atoms with van der Waals surface area (Å²) in [5, 5.41) is 12.5. The Morgan fingerprint density at radius 2 is 1.90 bits per heavy atom. The van der Waals surface area contributed by atoms with Gasteiger partial charge in [-0.15, -0.1) is 15.0 Å². The van der Waals surface area contributed by atoms with Crippen molar-refractivity contribution in [3.05, 3.63) is 66.9 Å². The molecule has 0 saturated heterocycles. The first-order valence-electron chi connectivity index (χ1n) is 8.91. The standard InChI is InChI=1S/C20H18N6O3S/c1-29-19-13-16(26-23-20(22-25-26)18-8-3-4-11-21-18)9-10-17(19)14-6-5-7-15(12-14)24-30(2,27)28/h3-13,24H,1-2H3. The quantitative estimate of drug-likeness (QED) is 0.508. The Morgan fingerprint density at radius 1 is 1.03 bits per heavy atom. The fourth-order valence-corrected chi connectivity index (χ4v) is 3.48. The minimum Gasteiger partial charge on any atom is -0.496 e. The number of sulfonamides is 1. The van der Waals surface area contributed by atoms with Crippen LogP contribution in [0.25, 0.3) is 28.3 Å². The van der Waals surface area contributed by atoms with Crippen LogP contribution in [0.2, 0.25) is 0 Å². The topological polar surface area (TPSA) is 112 Å². The second kappa shape index (κ2) is 7.91. The SMILES string of the molecule is COc1cc(-n2nnc(-c3ccccn3)n2)ccc1-c1cccc(NS(C)(=O)=O)c1. The Hall–Kier alpha value is -3.79. The highest BCUT2D eigenvalue weighted by molar-refractivity contribution is 7.92. The number of hydrogen-bond acceptors (Lipinski definition) is 7. The molecule has 0 saturated carbocycles. The van der Waals surface area contributed by atoms with Crippen molar-refractivity contribution in [2.24, 2.45) is 0 Å². The summed E-state index contributed by atoms with van der Waals surface area (Å²) < 4.78 is 31.1. The lowest BCUT2D eigenvalue weighted by atomic mass is 10.0. The number of methoxy groups -OCH3 is 1. The van der Waals surface area contributed by atoms with E-state index in [0.29, 0.717) is 28.6 Å². The molecule has 10 heteroatoms. The van der Waals surface area contributed by atoms with Crippen LogP contribution in [0.1, 0.15) is 0 Å². The number of anilines is 1. The van der Waals surface area contributed by atoms with E-state index >= 15 is 0 Å². The maximum absolute atomic E-state index is 11.5. The Balaban J connectivity index is 1.68. The van der Waals surface area contributed by atoms with Crippen molar-refractivity contribution in [2.75, 3.05) is 18.1 Å². The van der Waals surface area contributed by atoms with Gasteiger partial charge in [-0.05, 0) is 47.2 Å². The summed E-state index contributed by atoms with van der Waals surface area (Å²) in [6, 6.07) is 18.0. The molecule has 0 bridgehead atoms. The summed E-state index contributed by atoms with van der Waals surface area (Å²) in [5.41, 5.74) is 3.36. The molecule has 2 aromatic heterocycles. The zero-order valence-corrected chi connectivity index (χ0v) is 17.0. The molecule has 0 amide bonds. The van der Waals surface area contributed by atoms with Gasteiger partial charge in [-0.25, -0.2) is 8.42 Å². The number of pyridine rings is 1. The van der Waals surface area contributed by atoms with Crippen molar-refractivity contribution in [1.82, 2.24) is 25.2 Å². The zero-order chi connectivity index (χ0) is 21.1. The zero-order valence-electron chi connectivity index (χ0n) is 16.2. The molecular weight excluding hydrogens is 404 g/mol. The van der Waals surface area contributed by atoms with E-state index in [-0.39, 0.29) is 0 Å². The maximum atomic E-state index is 11.5. The van der Waals surface area contributed by atoms with Gasteiger partial charge in [0.15, 0.2) is 0 Å². The first kappa shape index (κ1) is 19.5. The second-order valence-electron chi connectivity index (χ2n) is 6.46. The third kappa shape index (κ3) is 4.28. The highest BCUT2D eigenvalue weighted by atomic mass is 32.2. The molecule has 0 spiro atoms. The molecule has 4 aromatic rings. The highest BCUT2D eigenvalue weighted by Gasteiger charge is 2.13. The van der Waals surface area contributed by atoms with Crippen LogP contribution in [0.3, 0.4) is 0 Å². The van der Waals surface area contributed by atoms with Crippen molar-refractivity contribution in [3.63, 3.8) is 0 Å². The molecular formula is C20H18N6O3S. The number of nitrogens with one attached hydrogen (secondary N) is 1. The van der Waals surface area contributed by atoms with Crippen LogP contribution >= 0.6 is 0 Å². The molecule has 9 nitrogen and oxygen atoms in total. The van der Waals surface area contributed by atoms with Crippen molar-refractivity contribution in [3.8, 4) is 34.1 Å². The molecule has 2 aromatic carbocycles. The molecule has 0 unspecified atom stereocenters. The largest absolute Gasteiger partial charge is 0.496 e. The van der Waals surface area contributed by atoms with Crippen LogP contribution in [0.15, 0.2) is 66.9 Å². The minimum absolute atomic E-state index is 0.415. The lowest BCUT2D eigenvalue weighted by molar-refractivity contribution is 0.416. The van der Waals surface area contributed by atoms with Gasteiger partial charge in [0.25, 0.3) is 0 Å². The van der Waals surface area contributed by atoms with Gasteiger partial charge in [-0.1, -0.05) is 18.2 Å². The van der Waals surface area contributed by atoms with E-state index in [9.17, 15) is 8.42 Å². The van der Waals surface area contributed by atoms with Crippen LogP contribution in [0.5, 0.6) is 5.75 Å². The van der Waals surface area contributed by atoms with Crippen molar-refractivity contribution < 1.29 is 13.2 Å². The third-order valence-electron chi connectivity index (χ3n) is 4.20. The fraction of sp³-hybridized carbons (Fsp3) is 0.100. The van der Waals surface area contributed by atoms with Crippen molar-refractivity contribution in [2.45, 2.75) is 0 Å². The van der Waals surface area contributed by atoms with Gasteiger partial charge in [0.2, 0.25) is 15.8 Å². The average molecular weight is 422 g/mol. The Kier molecular flexibility index (Phi) is 5.15. The maximum Gasteiger partial charge on any atom is 0.229 e. The summed E-state index contributed by atoms with van der Waals surface area (Å²) in [4.78, 5) is 5.63. The first-order chi connectivity index (χ1) is 14.4. The molecule has 0 fully saturated rings. The van der Waals surface area contributed by atoms with Crippen LogP contribution in [0, 0.1) is 0 Å². The van der Waals surface area contributed by atoms with Gasteiger partial charge in [0, 0.05) is 23.5 Å². The fourth-order valence-electron chi connectivity index (χ4n) is 2.93. The van der Waals surface area contributed by atoms with Crippen LogP contribution in [0.4, 0.5) is 5.69 Å². The normalized spacial score (nSPS) is 11.3. The van der Waals surface area contributed by atoms with Crippen LogP contribution < -0.4 is 9.46 Å². The summed E-state index contributed by atoms with van der Waals surface area (Å²) in [5.74, 6) is 0.999. The first-order valence-corrected chi connectivity index (χ1v) is 10.8. The molecule has 152 valence electrons. The van der Waals surface area contributed by atoms with Gasteiger partial charge >= 0.3 is 0 Å². The lowest BCUT2D eigenvalue weighted by Gasteiger charge is -2.12. The molecule has 0 aliphatic heterocycles. The van der Waals surface area contributed by atoms with Gasteiger partial charge in [0.1, 0.15) is 11.4 Å². The molecule has 30 heavy (non-hydrogen) atoms. The van der Waals surface area contributed by atoms with Gasteiger partial charge in [0.05, 0.1) is 19.1 Å². The predicted molar refractivity (Wildman–Crippen MR) is 113 cm³/mol. The molecule has 2 heterocycles. The van der Waals surface area contributed by atoms with E-state index in [1.807, 2.05) is 36.4 Å². The van der Waals surface area contributed by atoms with Crippen LogP contribution in [-0.4, -0.2) is 47.0 Å². The summed E-state index contributed by atoms with van der Waals surface area (Å²) in [7, 11) is -1.80. The Morgan fingerprint density at radius 3 is 2.63 bits per heavy atom. The van der Waals surface area contributed by atoms with Crippen molar-refractivity contribution >= 4 is 15.7 Å². The number of ether oxygens (including phenoxy) is 1. The molecule has 0 aliphatic carbocycles. The van der Waals surface area contributed by atoms with E-state index in [1.54, 1.807) is 37.6 Å². The molecule has 0 aliphatic rings. The van der Waals surface area contributed by atoms with Gasteiger partial charge in [-0.2, -0.15) is 0 Å².